The Kier molecular flexibility index (Phi) is 4.73. The first kappa shape index (κ1) is 14.9. The normalized spacial score (nSPS) is 11.6. The average molecular weight is 297 g/mol. The summed E-state index contributed by atoms with van der Waals surface area (Å²) in [5.74, 6) is 0.718. The first-order chi connectivity index (χ1) is 9.50. The Hall–Kier alpha value is -1.46. The lowest BCUT2D eigenvalue weighted by molar-refractivity contribution is -0.138. The van der Waals surface area contributed by atoms with E-state index in [0.717, 1.165) is 22.3 Å². The summed E-state index contributed by atoms with van der Waals surface area (Å²) in [6.45, 7) is -0.116. The minimum Gasteiger partial charge on any atom is -0.326 e. The van der Waals surface area contributed by atoms with Crippen molar-refractivity contribution in [3.63, 3.8) is 0 Å². The lowest BCUT2D eigenvalue weighted by Crippen LogP contribution is -2.11. The minimum atomic E-state index is -4.35. The third-order valence-corrected chi connectivity index (χ3v) is 3.92. The summed E-state index contributed by atoms with van der Waals surface area (Å²) >= 11 is 1.50. The molecule has 2 N–H and O–H groups in total. The summed E-state index contributed by atoms with van der Waals surface area (Å²) in [6.07, 6.45) is -4.35. The first-order valence-corrected chi connectivity index (χ1v) is 7.06. The molecule has 0 saturated carbocycles. The summed E-state index contributed by atoms with van der Waals surface area (Å²) in [7, 11) is 0. The molecule has 0 heterocycles. The topological polar surface area (TPSA) is 26.0 Å². The van der Waals surface area contributed by atoms with E-state index in [9.17, 15) is 13.2 Å². The number of nitrogens with two attached hydrogens (primary N) is 1. The van der Waals surface area contributed by atoms with Crippen LogP contribution in [0.5, 0.6) is 0 Å². The number of hydrogen-bond donors (Lipinski definition) is 1. The maximum atomic E-state index is 12.8. The molecule has 0 aliphatic rings. The van der Waals surface area contributed by atoms with Crippen molar-refractivity contribution in [1.82, 2.24) is 0 Å². The standard InChI is InChI=1S/C15H14F3NS/c16-15(17,18)14-7-6-13(8-12(14)9-19)20-10-11-4-2-1-3-5-11/h1-8H,9-10,19H2. The molecule has 2 aromatic carbocycles. The van der Waals surface area contributed by atoms with Gasteiger partial charge in [-0.25, -0.2) is 0 Å². The maximum Gasteiger partial charge on any atom is 0.416 e. The van der Waals surface area contributed by atoms with Crippen molar-refractivity contribution in [2.24, 2.45) is 5.73 Å². The average Bonchev–Trinajstić information content (AvgIpc) is 2.45. The number of halogens is 3. The van der Waals surface area contributed by atoms with Crippen molar-refractivity contribution < 1.29 is 13.2 Å². The second-order valence-corrected chi connectivity index (χ2v) is 5.34. The Balaban J connectivity index is 2.14. The van der Waals surface area contributed by atoms with Crippen LogP contribution in [-0.4, -0.2) is 0 Å². The van der Waals surface area contributed by atoms with Crippen LogP contribution in [0, 0.1) is 0 Å². The molecule has 0 spiro atoms. The summed E-state index contributed by atoms with van der Waals surface area (Å²) in [5, 5.41) is 0. The van der Waals surface area contributed by atoms with E-state index in [1.165, 1.54) is 23.9 Å². The predicted octanol–water partition coefficient (Wildman–Crippen LogP) is 4.46. The highest BCUT2D eigenvalue weighted by atomic mass is 32.2. The fraction of sp³-hybridized carbons (Fsp3) is 0.200. The van der Waals surface area contributed by atoms with Crippen LogP contribution in [0.3, 0.4) is 0 Å². The van der Waals surface area contributed by atoms with Crippen molar-refractivity contribution in [2.45, 2.75) is 23.4 Å². The van der Waals surface area contributed by atoms with Gasteiger partial charge in [-0.2, -0.15) is 13.2 Å². The monoisotopic (exact) mass is 297 g/mol. The van der Waals surface area contributed by atoms with Gasteiger partial charge in [0.15, 0.2) is 0 Å². The van der Waals surface area contributed by atoms with E-state index in [-0.39, 0.29) is 12.1 Å². The van der Waals surface area contributed by atoms with Gasteiger partial charge in [0.1, 0.15) is 0 Å². The lowest BCUT2D eigenvalue weighted by Gasteiger charge is -2.13. The van der Waals surface area contributed by atoms with Gasteiger partial charge in [0.25, 0.3) is 0 Å². The van der Waals surface area contributed by atoms with E-state index in [1.807, 2.05) is 30.3 Å². The van der Waals surface area contributed by atoms with Crippen LogP contribution in [0.15, 0.2) is 53.4 Å². The molecule has 1 nitrogen and oxygen atoms in total. The fourth-order valence-corrected chi connectivity index (χ4v) is 2.76. The number of rotatable bonds is 4. The molecule has 0 radical (unpaired) electrons. The third-order valence-electron chi connectivity index (χ3n) is 2.85. The second-order valence-electron chi connectivity index (χ2n) is 4.30. The molecule has 0 atom stereocenters. The molecule has 20 heavy (non-hydrogen) atoms. The van der Waals surface area contributed by atoms with E-state index in [2.05, 4.69) is 0 Å². The quantitative estimate of drug-likeness (QED) is 0.843. The third kappa shape index (κ3) is 3.77. The molecule has 2 aromatic rings. The highest BCUT2D eigenvalue weighted by Gasteiger charge is 2.32. The number of thioether (sulfide) groups is 1. The largest absolute Gasteiger partial charge is 0.416 e. The van der Waals surface area contributed by atoms with Gasteiger partial charge >= 0.3 is 6.18 Å². The van der Waals surface area contributed by atoms with Crippen LogP contribution in [0.1, 0.15) is 16.7 Å². The van der Waals surface area contributed by atoms with E-state index < -0.39 is 11.7 Å². The lowest BCUT2D eigenvalue weighted by atomic mass is 10.1. The number of benzene rings is 2. The number of hydrogen-bond acceptors (Lipinski definition) is 2. The van der Waals surface area contributed by atoms with Crippen LogP contribution in [0.25, 0.3) is 0 Å². The summed E-state index contributed by atoms with van der Waals surface area (Å²) in [5.41, 5.74) is 6.03. The first-order valence-electron chi connectivity index (χ1n) is 6.07. The predicted molar refractivity (Wildman–Crippen MR) is 75.3 cm³/mol. The van der Waals surface area contributed by atoms with Crippen LogP contribution >= 0.6 is 11.8 Å². The minimum absolute atomic E-state index is 0.116. The molecule has 2 rings (SSSR count). The van der Waals surface area contributed by atoms with Gasteiger partial charge in [-0.1, -0.05) is 30.3 Å². The van der Waals surface area contributed by atoms with Crippen molar-refractivity contribution in [3.05, 3.63) is 65.2 Å². The van der Waals surface area contributed by atoms with Gasteiger partial charge in [-0.15, -0.1) is 11.8 Å². The van der Waals surface area contributed by atoms with Gasteiger partial charge in [-0.3, -0.25) is 0 Å². The zero-order valence-electron chi connectivity index (χ0n) is 10.7. The Morgan fingerprint density at radius 2 is 1.70 bits per heavy atom. The van der Waals surface area contributed by atoms with Crippen LogP contribution in [0.2, 0.25) is 0 Å². The molecule has 0 aromatic heterocycles. The molecule has 5 heteroatoms. The summed E-state index contributed by atoms with van der Waals surface area (Å²) in [6, 6.07) is 13.9. The highest BCUT2D eigenvalue weighted by Crippen LogP contribution is 2.34. The molecular weight excluding hydrogens is 283 g/mol. The van der Waals surface area contributed by atoms with Gasteiger partial charge < -0.3 is 5.73 Å². The second kappa shape index (κ2) is 6.33. The Labute approximate surface area is 120 Å². The Morgan fingerprint density at radius 3 is 2.30 bits per heavy atom. The van der Waals surface area contributed by atoms with E-state index in [4.69, 9.17) is 5.73 Å². The van der Waals surface area contributed by atoms with Gasteiger partial charge in [0, 0.05) is 17.2 Å². The van der Waals surface area contributed by atoms with Crippen molar-refractivity contribution >= 4 is 11.8 Å². The zero-order valence-corrected chi connectivity index (χ0v) is 11.5. The Morgan fingerprint density at radius 1 is 1.00 bits per heavy atom. The summed E-state index contributed by atoms with van der Waals surface area (Å²) in [4.78, 5) is 0.794. The molecule has 0 aliphatic heterocycles. The molecule has 0 fully saturated rings. The maximum absolute atomic E-state index is 12.8. The summed E-state index contributed by atoms with van der Waals surface area (Å²) < 4.78 is 38.3. The zero-order chi connectivity index (χ0) is 14.6. The molecular formula is C15H14F3NS. The van der Waals surface area contributed by atoms with E-state index in [1.54, 1.807) is 0 Å². The van der Waals surface area contributed by atoms with Crippen molar-refractivity contribution in [3.8, 4) is 0 Å². The van der Waals surface area contributed by atoms with E-state index in [0.29, 0.717) is 0 Å². The molecule has 0 aliphatic carbocycles. The van der Waals surface area contributed by atoms with Crippen LogP contribution in [-0.2, 0) is 18.5 Å². The smallest absolute Gasteiger partial charge is 0.326 e. The van der Waals surface area contributed by atoms with Crippen LogP contribution < -0.4 is 5.73 Å². The van der Waals surface area contributed by atoms with Crippen LogP contribution in [0.4, 0.5) is 13.2 Å². The fourth-order valence-electron chi connectivity index (χ4n) is 1.85. The van der Waals surface area contributed by atoms with Crippen molar-refractivity contribution in [2.75, 3.05) is 0 Å². The molecule has 0 bridgehead atoms. The molecule has 0 amide bonds. The van der Waals surface area contributed by atoms with Gasteiger partial charge in [0.05, 0.1) is 5.56 Å². The van der Waals surface area contributed by atoms with Gasteiger partial charge in [-0.05, 0) is 29.3 Å². The SMILES string of the molecule is NCc1cc(SCc2ccccc2)ccc1C(F)(F)F. The molecule has 0 unspecified atom stereocenters. The Bertz CT molecular complexity index is 567. The van der Waals surface area contributed by atoms with Gasteiger partial charge in [0.2, 0.25) is 0 Å². The highest BCUT2D eigenvalue weighted by molar-refractivity contribution is 7.98. The molecule has 0 saturated heterocycles. The molecule has 106 valence electrons. The van der Waals surface area contributed by atoms with E-state index >= 15 is 0 Å². The number of alkyl halides is 3. The van der Waals surface area contributed by atoms with Crippen molar-refractivity contribution in [1.29, 1.82) is 0 Å².